The molecule has 4 aromatic carbocycles. The van der Waals surface area contributed by atoms with Gasteiger partial charge in [0.25, 0.3) is 0 Å². The van der Waals surface area contributed by atoms with Crippen molar-refractivity contribution in [3.8, 4) is 22.6 Å². The summed E-state index contributed by atoms with van der Waals surface area (Å²) in [6, 6.07) is 25.7. The van der Waals surface area contributed by atoms with Gasteiger partial charge in [-0.1, -0.05) is 68.8 Å². The molecule has 0 spiro atoms. The zero-order valence-electron chi connectivity index (χ0n) is 22.2. The highest BCUT2D eigenvalue weighted by atomic mass is 35.5. The first-order chi connectivity index (χ1) is 18.0. The number of hydrogen-bond acceptors (Lipinski definition) is 3. The maximum Gasteiger partial charge on any atom is 0.119 e. The molecule has 5 rings (SSSR count). The molecule has 4 aromatic rings. The van der Waals surface area contributed by atoms with Crippen LogP contribution in [0, 0.1) is 11.8 Å². The summed E-state index contributed by atoms with van der Waals surface area (Å²) in [5.41, 5.74) is 6.34. The zero-order valence-corrected chi connectivity index (χ0v) is 22.9. The van der Waals surface area contributed by atoms with Gasteiger partial charge in [0.15, 0.2) is 0 Å². The number of rotatable bonds is 10. The van der Waals surface area contributed by atoms with Crippen LogP contribution in [0.4, 0.5) is 0 Å². The van der Waals surface area contributed by atoms with Gasteiger partial charge in [0.1, 0.15) is 18.1 Å². The highest BCUT2D eigenvalue weighted by molar-refractivity contribution is 6.30. The van der Waals surface area contributed by atoms with Crippen molar-refractivity contribution in [1.82, 2.24) is 5.32 Å². The monoisotopic (exact) mass is 513 g/mol. The van der Waals surface area contributed by atoms with Crippen molar-refractivity contribution >= 4 is 22.4 Å². The second kappa shape index (κ2) is 11.2. The summed E-state index contributed by atoms with van der Waals surface area (Å²) in [7, 11) is 0. The van der Waals surface area contributed by atoms with Crippen molar-refractivity contribution in [3.63, 3.8) is 0 Å². The SMILES string of the molecule is CCOc1ccc2c3c(ccc2c1)-c1ccc(Cl)cc1C3c1ccc(OCCNCC(C)C(C)C)cc1. The molecular weight excluding hydrogens is 478 g/mol. The third-order valence-corrected chi connectivity index (χ3v) is 7.85. The molecule has 2 atom stereocenters. The van der Waals surface area contributed by atoms with E-state index in [4.69, 9.17) is 21.1 Å². The molecular formula is C33H36ClNO2. The summed E-state index contributed by atoms with van der Waals surface area (Å²) in [6.45, 7) is 12.0. The maximum atomic E-state index is 6.50. The molecule has 0 aromatic heterocycles. The summed E-state index contributed by atoms with van der Waals surface area (Å²) in [4.78, 5) is 0. The number of benzene rings is 4. The van der Waals surface area contributed by atoms with Crippen molar-refractivity contribution in [2.75, 3.05) is 26.3 Å². The molecule has 37 heavy (non-hydrogen) atoms. The van der Waals surface area contributed by atoms with Crippen molar-refractivity contribution in [1.29, 1.82) is 0 Å². The van der Waals surface area contributed by atoms with Crippen molar-refractivity contribution in [3.05, 3.63) is 94.5 Å². The lowest BCUT2D eigenvalue weighted by Crippen LogP contribution is -2.28. The average molecular weight is 514 g/mol. The lowest BCUT2D eigenvalue weighted by Gasteiger charge is -2.18. The molecule has 1 aliphatic carbocycles. The molecule has 0 saturated heterocycles. The van der Waals surface area contributed by atoms with E-state index in [9.17, 15) is 0 Å². The Morgan fingerprint density at radius 3 is 2.35 bits per heavy atom. The van der Waals surface area contributed by atoms with Crippen LogP contribution in [0.5, 0.6) is 11.5 Å². The van der Waals surface area contributed by atoms with Gasteiger partial charge in [-0.15, -0.1) is 0 Å². The molecule has 3 nitrogen and oxygen atoms in total. The molecule has 4 heteroatoms. The molecule has 2 unspecified atom stereocenters. The van der Waals surface area contributed by atoms with E-state index in [-0.39, 0.29) is 5.92 Å². The van der Waals surface area contributed by atoms with Crippen molar-refractivity contribution < 1.29 is 9.47 Å². The lowest BCUT2D eigenvalue weighted by atomic mass is 9.86. The van der Waals surface area contributed by atoms with Gasteiger partial charge >= 0.3 is 0 Å². The van der Waals surface area contributed by atoms with Gasteiger partial charge in [-0.2, -0.15) is 0 Å². The maximum absolute atomic E-state index is 6.50. The van der Waals surface area contributed by atoms with Crippen LogP contribution >= 0.6 is 11.6 Å². The lowest BCUT2D eigenvalue weighted by molar-refractivity contribution is 0.302. The van der Waals surface area contributed by atoms with Crippen LogP contribution in [-0.2, 0) is 0 Å². The normalized spacial score (nSPS) is 15.0. The Morgan fingerprint density at radius 2 is 1.59 bits per heavy atom. The first-order valence-corrected chi connectivity index (χ1v) is 13.8. The van der Waals surface area contributed by atoms with Crippen LogP contribution in [0.15, 0.2) is 72.8 Å². The Labute approximate surface area is 225 Å². The summed E-state index contributed by atoms with van der Waals surface area (Å²) in [6.07, 6.45) is 0. The molecule has 0 saturated carbocycles. The van der Waals surface area contributed by atoms with Crippen LogP contribution in [-0.4, -0.2) is 26.3 Å². The van der Waals surface area contributed by atoms with Gasteiger partial charge in [0.05, 0.1) is 6.61 Å². The Balaban J connectivity index is 1.41. The zero-order chi connectivity index (χ0) is 25.9. The predicted octanol–water partition coefficient (Wildman–Crippen LogP) is 8.31. The molecule has 0 radical (unpaired) electrons. The molecule has 0 aliphatic heterocycles. The second-order valence-corrected chi connectivity index (χ2v) is 10.8. The smallest absolute Gasteiger partial charge is 0.119 e. The number of nitrogens with one attached hydrogen (secondary N) is 1. The van der Waals surface area contributed by atoms with E-state index >= 15 is 0 Å². The van der Waals surface area contributed by atoms with E-state index < -0.39 is 0 Å². The Kier molecular flexibility index (Phi) is 7.73. The van der Waals surface area contributed by atoms with Crippen LogP contribution in [0.1, 0.15) is 50.3 Å². The summed E-state index contributed by atoms with van der Waals surface area (Å²) in [5, 5.41) is 6.70. The predicted molar refractivity (Wildman–Crippen MR) is 155 cm³/mol. The van der Waals surface area contributed by atoms with Crippen molar-refractivity contribution in [2.45, 2.75) is 33.6 Å². The van der Waals surface area contributed by atoms with Gasteiger partial charge in [-0.05, 0) is 100 Å². The minimum absolute atomic E-state index is 0.110. The largest absolute Gasteiger partial charge is 0.494 e. The summed E-state index contributed by atoms with van der Waals surface area (Å²) >= 11 is 6.50. The van der Waals surface area contributed by atoms with E-state index in [0.29, 0.717) is 25.0 Å². The van der Waals surface area contributed by atoms with E-state index in [2.05, 4.69) is 92.8 Å². The van der Waals surface area contributed by atoms with Crippen LogP contribution in [0.2, 0.25) is 5.02 Å². The number of ether oxygens (including phenoxy) is 2. The second-order valence-electron chi connectivity index (χ2n) is 10.4. The third-order valence-electron chi connectivity index (χ3n) is 7.61. The minimum Gasteiger partial charge on any atom is -0.494 e. The van der Waals surface area contributed by atoms with Gasteiger partial charge < -0.3 is 14.8 Å². The molecule has 1 N–H and O–H groups in total. The fourth-order valence-corrected chi connectivity index (χ4v) is 5.40. The Morgan fingerprint density at radius 1 is 0.838 bits per heavy atom. The van der Waals surface area contributed by atoms with Crippen LogP contribution < -0.4 is 14.8 Å². The van der Waals surface area contributed by atoms with E-state index in [0.717, 1.165) is 29.6 Å². The molecule has 0 bridgehead atoms. The summed E-state index contributed by atoms with van der Waals surface area (Å²) in [5.74, 6) is 3.25. The molecule has 192 valence electrons. The average Bonchev–Trinajstić information content (AvgIpc) is 3.22. The molecule has 1 aliphatic rings. The van der Waals surface area contributed by atoms with E-state index in [1.165, 1.54) is 38.6 Å². The highest BCUT2D eigenvalue weighted by Crippen LogP contribution is 2.51. The fourth-order valence-electron chi connectivity index (χ4n) is 5.22. The first-order valence-electron chi connectivity index (χ1n) is 13.4. The Bertz CT molecular complexity index is 1380. The van der Waals surface area contributed by atoms with Crippen LogP contribution in [0.3, 0.4) is 0 Å². The first kappa shape index (κ1) is 25.6. The highest BCUT2D eigenvalue weighted by Gasteiger charge is 2.32. The number of fused-ring (bicyclic) bond motifs is 5. The summed E-state index contributed by atoms with van der Waals surface area (Å²) < 4.78 is 11.8. The molecule has 0 heterocycles. The molecule has 0 fully saturated rings. The fraction of sp³-hybridized carbons (Fsp3) is 0.333. The Hall–Kier alpha value is -3.01. The standard InChI is InChI=1S/C33H36ClNO2/c1-5-36-27-12-15-28-24(18-27)8-13-30-29-14-9-25(34)19-31(29)32(33(28)30)23-6-10-26(11-7-23)37-17-16-35-20-22(4)21(2)3/h6-15,18-19,21-22,32,35H,5,16-17,20H2,1-4H3. The third kappa shape index (κ3) is 5.35. The van der Waals surface area contributed by atoms with Gasteiger partial charge in [-0.3, -0.25) is 0 Å². The van der Waals surface area contributed by atoms with Gasteiger partial charge in [0, 0.05) is 17.5 Å². The minimum atomic E-state index is 0.110. The topological polar surface area (TPSA) is 30.5 Å². The van der Waals surface area contributed by atoms with Gasteiger partial charge in [0.2, 0.25) is 0 Å². The molecule has 0 amide bonds. The van der Waals surface area contributed by atoms with Gasteiger partial charge in [-0.25, -0.2) is 0 Å². The quantitative estimate of drug-likeness (QED) is 0.190. The van der Waals surface area contributed by atoms with E-state index in [1.807, 2.05) is 13.0 Å². The van der Waals surface area contributed by atoms with Crippen LogP contribution in [0.25, 0.3) is 21.9 Å². The number of hydrogen-bond donors (Lipinski definition) is 1. The number of halogens is 1. The van der Waals surface area contributed by atoms with Crippen molar-refractivity contribution in [2.24, 2.45) is 11.8 Å². The van der Waals surface area contributed by atoms with E-state index in [1.54, 1.807) is 0 Å².